The lowest BCUT2D eigenvalue weighted by Crippen LogP contribution is -2.19. The molecule has 0 saturated carbocycles. The van der Waals surface area contributed by atoms with Crippen molar-refractivity contribution in [2.45, 2.75) is 33.4 Å². The molecule has 2 N–H and O–H groups in total. The van der Waals surface area contributed by atoms with Gasteiger partial charge in [0.2, 0.25) is 0 Å². The minimum Gasteiger partial charge on any atom is -0.304 e. The number of aryl methyl sites for hydroxylation is 2. The summed E-state index contributed by atoms with van der Waals surface area (Å²) in [5, 5.41) is 10.3. The van der Waals surface area contributed by atoms with Crippen molar-refractivity contribution in [3.05, 3.63) is 40.4 Å². The van der Waals surface area contributed by atoms with E-state index in [2.05, 4.69) is 51.9 Å². The van der Waals surface area contributed by atoms with Crippen LogP contribution in [-0.2, 0) is 6.54 Å². The highest BCUT2D eigenvalue weighted by atomic mass is 32.1. The van der Waals surface area contributed by atoms with Crippen molar-refractivity contribution in [1.82, 2.24) is 24.9 Å². The molecule has 0 amide bonds. The first-order chi connectivity index (χ1) is 9.15. The van der Waals surface area contributed by atoms with Crippen molar-refractivity contribution < 1.29 is 0 Å². The second kappa shape index (κ2) is 4.79. The van der Waals surface area contributed by atoms with Crippen molar-refractivity contribution in [3.8, 4) is 0 Å². The smallest absolute Gasteiger partial charge is 0.194 e. The monoisotopic (exact) mass is 275 g/mol. The van der Waals surface area contributed by atoms with Crippen molar-refractivity contribution in [1.29, 1.82) is 0 Å². The highest BCUT2D eigenvalue weighted by Gasteiger charge is 2.12. The molecular weight excluding hydrogens is 258 g/mol. The lowest BCUT2D eigenvalue weighted by atomic mass is 10.2. The minimum absolute atomic E-state index is 0.267. The number of fused-ring (bicyclic) bond motifs is 1. The van der Waals surface area contributed by atoms with Gasteiger partial charge in [-0.2, -0.15) is 5.10 Å². The molecule has 0 saturated heterocycles. The van der Waals surface area contributed by atoms with E-state index >= 15 is 0 Å². The second-order valence-corrected chi connectivity index (χ2v) is 5.99. The Hall–Kier alpha value is -1.66. The third-order valence-corrected chi connectivity index (χ3v) is 4.23. The molecule has 3 rings (SSSR count). The Balaban J connectivity index is 1.79. The zero-order valence-corrected chi connectivity index (χ0v) is 12.1. The third-order valence-electron chi connectivity index (χ3n) is 3.34. The van der Waals surface area contributed by atoms with Gasteiger partial charge in [-0.1, -0.05) is 0 Å². The molecule has 5 nitrogen and oxygen atoms in total. The Bertz CT molecular complexity index is 679. The topological polar surface area (TPSA) is 58.0 Å². The summed E-state index contributed by atoms with van der Waals surface area (Å²) >= 11 is 1.73. The summed E-state index contributed by atoms with van der Waals surface area (Å²) in [5.74, 6) is 0. The van der Waals surface area contributed by atoms with Crippen LogP contribution in [0.15, 0.2) is 18.6 Å². The molecular formula is C13H17N5S. The molecule has 1 atom stereocenters. The van der Waals surface area contributed by atoms with E-state index in [-0.39, 0.29) is 6.04 Å². The molecule has 0 radical (unpaired) electrons. The summed E-state index contributed by atoms with van der Waals surface area (Å²) in [6.45, 7) is 7.11. The zero-order chi connectivity index (χ0) is 13.4. The van der Waals surface area contributed by atoms with Gasteiger partial charge in [0.1, 0.15) is 0 Å². The van der Waals surface area contributed by atoms with E-state index in [9.17, 15) is 0 Å². The second-order valence-electron chi connectivity index (χ2n) is 4.77. The summed E-state index contributed by atoms with van der Waals surface area (Å²) < 4.78 is 2.18. The normalized spacial score (nSPS) is 13.2. The fourth-order valence-corrected chi connectivity index (χ4v) is 3.08. The third kappa shape index (κ3) is 2.29. The Labute approximate surface area is 115 Å². The van der Waals surface area contributed by atoms with Gasteiger partial charge in [-0.25, -0.2) is 4.98 Å². The lowest BCUT2D eigenvalue weighted by Gasteiger charge is -2.11. The highest BCUT2D eigenvalue weighted by Crippen LogP contribution is 2.21. The van der Waals surface area contributed by atoms with Gasteiger partial charge in [-0.15, -0.1) is 11.3 Å². The summed E-state index contributed by atoms with van der Waals surface area (Å²) in [6, 6.07) is 0.267. The number of hydrogen-bond acceptors (Lipinski definition) is 4. The summed E-state index contributed by atoms with van der Waals surface area (Å²) in [4.78, 5) is 6.95. The maximum absolute atomic E-state index is 4.60. The predicted molar refractivity (Wildman–Crippen MR) is 76.4 cm³/mol. The average molecular weight is 275 g/mol. The molecule has 0 aliphatic carbocycles. The van der Waals surface area contributed by atoms with Gasteiger partial charge in [0.15, 0.2) is 4.96 Å². The van der Waals surface area contributed by atoms with E-state index in [1.165, 1.54) is 16.1 Å². The Morgan fingerprint density at radius 2 is 2.32 bits per heavy atom. The molecule has 0 aromatic carbocycles. The molecule has 100 valence electrons. The molecule has 19 heavy (non-hydrogen) atoms. The quantitative estimate of drug-likeness (QED) is 0.769. The van der Waals surface area contributed by atoms with Crippen LogP contribution in [0, 0.1) is 13.8 Å². The number of nitrogens with zero attached hydrogens (tertiary/aromatic N) is 3. The van der Waals surface area contributed by atoms with Crippen LogP contribution in [-0.4, -0.2) is 19.6 Å². The zero-order valence-electron chi connectivity index (χ0n) is 11.3. The van der Waals surface area contributed by atoms with E-state index in [0.29, 0.717) is 0 Å². The molecule has 3 heterocycles. The summed E-state index contributed by atoms with van der Waals surface area (Å²) in [6.07, 6.45) is 5.93. The first kappa shape index (κ1) is 12.4. The molecule has 0 aliphatic rings. The van der Waals surface area contributed by atoms with Crippen molar-refractivity contribution in [2.75, 3.05) is 0 Å². The molecule has 0 fully saturated rings. The number of imidazole rings is 1. The van der Waals surface area contributed by atoms with E-state index in [4.69, 9.17) is 0 Å². The van der Waals surface area contributed by atoms with Crippen molar-refractivity contribution >= 4 is 16.3 Å². The Kier molecular flexibility index (Phi) is 3.12. The van der Waals surface area contributed by atoms with E-state index < -0.39 is 0 Å². The Morgan fingerprint density at radius 1 is 1.47 bits per heavy atom. The SMILES string of the molecule is Cc1cn2c(CNC(C)c3cn[nH]c3)c(C)nc2s1. The van der Waals surface area contributed by atoms with Gasteiger partial charge >= 0.3 is 0 Å². The number of aromatic amines is 1. The van der Waals surface area contributed by atoms with Crippen LogP contribution in [0.2, 0.25) is 0 Å². The lowest BCUT2D eigenvalue weighted by molar-refractivity contribution is 0.564. The average Bonchev–Trinajstić information content (AvgIpc) is 3.03. The van der Waals surface area contributed by atoms with E-state index in [1.54, 1.807) is 11.3 Å². The number of H-pyrrole nitrogens is 1. The maximum atomic E-state index is 4.60. The van der Waals surface area contributed by atoms with Gasteiger partial charge in [0.25, 0.3) is 0 Å². The van der Waals surface area contributed by atoms with Crippen molar-refractivity contribution in [2.24, 2.45) is 0 Å². The van der Waals surface area contributed by atoms with Crippen LogP contribution >= 0.6 is 11.3 Å². The van der Waals surface area contributed by atoms with Gasteiger partial charge < -0.3 is 5.32 Å². The maximum Gasteiger partial charge on any atom is 0.194 e. The predicted octanol–water partition coefficient (Wildman–Crippen LogP) is 2.59. The van der Waals surface area contributed by atoms with Gasteiger partial charge in [-0.05, 0) is 20.8 Å². The van der Waals surface area contributed by atoms with Crippen LogP contribution in [0.1, 0.15) is 34.8 Å². The van der Waals surface area contributed by atoms with Crippen LogP contribution in [0.4, 0.5) is 0 Å². The minimum atomic E-state index is 0.267. The molecule has 0 bridgehead atoms. The number of thiazole rings is 1. The Morgan fingerprint density at radius 3 is 3.05 bits per heavy atom. The molecule has 0 aliphatic heterocycles. The molecule has 0 spiro atoms. The fraction of sp³-hybridized carbons (Fsp3) is 0.385. The van der Waals surface area contributed by atoms with E-state index in [1.807, 2.05) is 12.4 Å². The fourth-order valence-electron chi connectivity index (χ4n) is 2.19. The standard InChI is InChI=1S/C13H17N5S/c1-8-7-18-12(10(3)17-13(18)19-8)6-14-9(2)11-4-15-16-5-11/h4-5,7,9,14H,6H2,1-3H3,(H,15,16). The number of rotatable bonds is 4. The largest absolute Gasteiger partial charge is 0.304 e. The van der Waals surface area contributed by atoms with Crippen LogP contribution in [0.25, 0.3) is 4.96 Å². The first-order valence-corrected chi connectivity index (χ1v) is 7.13. The van der Waals surface area contributed by atoms with Gasteiger partial charge in [0.05, 0.1) is 17.6 Å². The molecule has 1 unspecified atom stereocenters. The van der Waals surface area contributed by atoms with Crippen LogP contribution in [0.3, 0.4) is 0 Å². The van der Waals surface area contributed by atoms with Gasteiger partial charge in [0, 0.05) is 35.4 Å². The first-order valence-electron chi connectivity index (χ1n) is 6.31. The molecule has 6 heteroatoms. The van der Waals surface area contributed by atoms with Crippen LogP contribution < -0.4 is 5.32 Å². The highest BCUT2D eigenvalue weighted by molar-refractivity contribution is 7.17. The van der Waals surface area contributed by atoms with Crippen molar-refractivity contribution in [3.63, 3.8) is 0 Å². The molecule has 3 aromatic heterocycles. The van der Waals surface area contributed by atoms with Crippen LogP contribution in [0.5, 0.6) is 0 Å². The number of hydrogen-bond donors (Lipinski definition) is 2. The summed E-state index contributed by atoms with van der Waals surface area (Å²) in [5.41, 5.74) is 3.49. The number of nitrogens with one attached hydrogen (secondary N) is 2. The number of aromatic nitrogens is 4. The summed E-state index contributed by atoms with van der Waals surface area (Å²) in [7, 11) is 0. The van der Waals surface area contributed by atoms with Gasteiger partial charge in [-0.3, -0.25) is 9.50 Å². The van der Waals surface area contributed by atoms with E-state index in [0.717, 1.165) is 17.2 Å². The molecule has 3 aromatic rings.